The van der Waals surface area contributed by atoms with Crippen molar-refractivity contribution in [3.05, 3.63) is 29.8 Å². The molecule has 0 fully saturated rings. The molecule has 0 N–H and O–H groups in total. The zero-order valence-corrected chi connectivity index (χ0v) is 11.8. The Morgan fingerprint density at radius 3 is 2.61 bits per heavy atom. The number of carbonyl (C=O) groups excluding carboxylic acids is 1. The fourth-order valence-corrected chi connectivity index (χ4v) is 1.91. The number of ether oxygens (including phenoxy) is 1. The summed E-state index contributed by atoms with van der Waals surface area (Å²) in [5.41, 5.74) is 0.656. The molecule has 0 aliphatic rings. The van der Waals surface area contributed by atoms with Crippen molar-refractivity contribution in [3.63, 3.8) is 0 Å². The van der Waals surface area contributed by atoms with Gasteiger partial charge in [0, 0.05) is 13.1 Å². The third kappa shape index (κ3) is 4.88. The molecule has 0 spiro atoms. The quantitative estimate of drug-likeness (QED) is 0.696. The number of ketones is 1. The van der Waals surface area contributed by atoms with Crippen LogP contribution in [0.1, 0.15) is 31.1 Å². The molecule has 18 heavy (non-hydrogen) atoms. The lowest BCUT2D eigenvalue weighted by Gasteiger charge is -2.19. The summed E-state index contributed by atoms with van der Waals surface area (Å²) in [7, 11) is 2.08. The van der Waals surface area contributed by atoms with E-state index >= 15 is 0 Å². The molecule has 1 rings (SSSR count). The summed E-state index contributed by atoms with van der Waals surface area (Å²) >= 11 is 0. The smallest absolute Gasteiger partial charge is 0.163 e. The lowest BCUT2D eigenvalue weighted by Crippen LogP contribution is -2.28. The number of benzene rings is 1. The topological polar surface area (TPSA) is 29.5 Å². The predicted molar refractivity (Wildman–Crippen MR) is 74.3 cm³/mol. The fraction of sp³-hybridized carbons (Fsp3) is 0.533. The van der Waals surface area contributed by atoms with E-state index in [0.717, 1.165) is 13.1 Å². The van der Waals surface area contributed by atoms with Crippen LogP contribution in [0.5, 0.6) is 5.75 Å². The lowest BCUT2D eigenvalue weighted by molar-refractivity contribution is 0.101. The van der Waals surface area contributed by atoms with Crippen LogP contribution >= 0.6 is 0 Å². The Balaban J connectivity index is 2.46. The van der Waals surface area contributed by atoms with Gasteiger partial charge in [-0.2, -0.15) is 0 Å². The minimum atomic E-state index is 0.0427. The van der Waals surface area contributed by atoms with E-state index in [1.54, 1.807) is 13.0 Å². The van der Waals surface area contributed by atoms with E-state index in [2.05, 4.69) is 25.8 Å². The lowest BCUT2D eigenvalue weighted by atomic mass is 10.1. The van der Waals surface area contributed by atoms with Gasteiger partial charge in [0.2, 0.25) is 0 Å². The van der Waals surface area contributed by atoms with Crippen LogP contribution in [0.4, 0.5) is 0 Å². The molecule has 0 aromatic heterocycles. The van der Waals surface area contributed by atoms with E-state index < -0.39 is 0 Å². The minimum Gasteiger partial charge on any atom is -0.491 e. The molecule has 1 aromatic carbocycles. The van der Waals surface area contributed by atoms with Gasteiger partial charge in [0.25, 0.3) is 0 Å². The normalized spacial score (nSPS) is 11.0. The third-order valence-corrected chi connectivity index (χ3v) is 2.67. The van der Waals surface area contributed by atoms with Crippen LogP contribution in [-0.4, -0.2) is 37.4 Å². The van der Waals surface area contributed by atoms with Gasteiger partial charge in [-0.1, -0.05) is 26.0 Å². The van der Waals surface area contributed by atoms with E-state index in [1.807, 2.05) is 18.2 Å². The number of likely N-dealkylation sites (N-methyl/N-ethyl adjacent to an activating group) is 1. The Morgan fingerprint density at radius 2 is 2.00 bits per heavy atom. The van der Waals surface area contributed by atoms with Gasteiger partial charge in [-0.05, 0) is 32.0 Å². The predicted octanol–water partition coefficient (Wildman–Crippen LogP) is 2.86. The Bertz CT molecular complexity index is 388. The number of nitrogens with zero attached hydrogens (tertiary/aromatic N) is 1. The number of Topliss-reactive ketones (excluding diaryl/α,β-unsaturated/α-hetero) is 1. The average Bonchev–Trinajstić information content (AvgIpc) is 2.28. The van der Waals surface area contributed by atoms with E-state index in [-0.39, 0.29) is 5.78 Å². The van der Waals surface area contributed by atoms with Crippen molar-refractivity contribution >= 4 is 5.78 Å². The van der Waals surface area contributed by atoms with Gasteiger partial charge in [0.15, 0.2) is 5.78 Å². The van der Waals surface area contributed by atoms with Crippen LogP contribution < -0.4 is 4.74 Å². The highest BCUT2D eigenvalue weighted by Gasteiger charge is 2.07. The van der Waals surface area contributed by atoms with Crippen molar-refractivity contribution in [1.29, 1.82) is 0 Å². The van der Waals surface area contributed by atoms with E-state index in [4.69, 9.17) is 4.74 Å². The SMILES string of the molecule is CC(=O)c1ccccc1OCCN(C)CC(C)C. The molecular formula is C15H23NO2. The van der Waals surface area contributed by atoms with Crippen molar-refractivity contribution in [2.24, 2.45) is 5.92 Å². The van der Waals surface area contributed by atoms with E-state index in [0.29, 0.717) is 23.8 Å². The van der Waals surface area contributed by atoms with Gasteiger partial charge < -0.3 is 9.64 Å². The maximum atomic E-state index is 11.4. The molecule has 0 saturated carbocycles. The molecule has 0 bridgehead atoms. The van der Waals surface area contributed by atoms with Crippen molar-refractivity contribution in [1.82, 2.24) is 4.90 Å². The van der Waals surface area contributed by atoms with Crippen LogP contribution in [0.25, 0.3) is 0 Å². The summed E-state index contributed by atoms with van der Waals surface area (Å²) in [6, 6.07) is 7.39. The molecule has 0 radical (unpaired) electrons. The van der Waals surface area contributed by atoms with Gasteiger partial charge >= 0.3 is 0 Å². The number of carbonyl (C=O) groups is 1. The molecule has 0 saturated heterocycles. The summed E-state index contributed by atoms with van der Waals surface area (Å²) in [5, 5.41) is 0. The van der Waals surface area contributed by atoms with Crippen LogP contribution in [-0.2, 0) is 0 Å². The van der Waals surface area contributed by atoms with Gasteiger partial charge in [-0.15, -0.1) is 0 Å². The summed E-state index contributed by atoms with van der Waals surface area (Å²) in [4.78, 5) is 13.7. The largest absolute Gasteiger partial charge is 0.491 e. The summed E-state index contributed by atoms with van der Waals surface area (Å²) in [6.07, 6.45) is 0. The molecule has 0 aliphatic carbocycles. The Morgan fingerprint density at radius 1 is 1.33 bits per heavy atom. The zero-order chi connectivity index (χ0) is 13.5. The average molecular weight is 249 g/mol. The first kappa shape index (κ1) is 14.7. The van der Waals surface area contributed by atoms with Gasteiger partial charge in [0.05, 0.1) is 5.56 Å². The Kier molecular flexibility index (Phi) is 5.86. The highest BCUT2D eigenvalue weighted by Crippen LogP contribution is 2.18. The van der Waals surface area contributed by atoms with Gasteiger partial charge in [-0.25, -0.2) is 0 Å². The van der Waals surface area contributed by atoms with Gasteiger partial charge in [-0.3, -0.25) is 4.79 Å². The highest BCUT2D eigenvalue weighted by molar-refractivity contribution is 5.96. The standard InChI is InChI=1S/C15H23NO2/c1-12(2)11-16(4)9-10-18-15-8-6-5-7-14(15)13(3)17/h5-8,12H,9-11H2,1-4H3. The van der Waals surface area contributed by atoms with Crippen LogP contribution in [0.15, 0.2) is 24.3 Å². The first-order valence-corrected chi connectivity index (χ1v) is 6.42. The molecule has 0 atom stereocenters. The van der Waals surface area contributed by atoms with Gasteiger partial charge in [0.1, 0.15) is 12.4 Å². The van der Waals surface area contributed by atoms with Crippen molar-refractivity contribution in [3.8, 4) is 5.75 Å². The molecule has 0 amide bonds. The van der Waals surface area contributed by atoms with E-state index in [1.165, 1.54) is 0 Å². The summed E-state index contributed by atoms with van der Waals surface area (Å²) < 4.78 is 5.69. The molecule has 100 valence electrons. The maximum Gasteiger partial charge on any atom is 0.163 e. The van der Waals surface area contributed by atoms with Crippen LogP contribution in [0.2, 0.25) is 0 Å². The molecule has 0 aliphatic heterocycles. The Labute approximate surface area is 110 Å². The molecule has 0 unspecified atom stereocenters. The molecule has 0 heterocycles. The van der Waals surface area contributed by atoms with Crippen molar-refractivity contribution < 1.29 is 9.53 Å². The second-order valence-corrected chi connectivity index (χ2v) is 5.06. The monoisotopic (exact) mass is 249 g/mol. The van der Waals surface area contributed by atoms with Crippen molar-refractivity contribution in [2.75, 3.05) is 26.7 Å². The van der Waals surface area contributed by atoms with E-state index in [9.17, 15) is 4.79 Å². The number of hydrogen-bond acceptors (Lipinski definition) is 3. The second kappa shape index (κ2) is 7.17. The Hall–Kier alpha value is -1.35. The minimum absolute atomic E-state index is 0.0427. The zero-order valence-electron chi connectivity index (χ0n) is 11.8. The maximum absolute atomic E-state index is 11.4. The van der Waals surface area contributed by atoms with Crippen LogP contribution in [0.3, 0.4) is 0 Å². The third-order valence-electron chi connectivity index (χ3n) is 2.67. The first-order valence-electron chi connectivity index (χ1n) is 6.42. The molecular weight excluding hydrogens is 226 g/mol. The number of rotatable bonds is 7. The number of hydrogen-bond donors (Lipinski definition) is 0. The second-order valence-electron chi connectivity index (χ2n) is 5.06. The molecule has 3 heteroatoms. The summed E-state index contributed by atoms with van der Waals surface area (Å²) in [5.74, 6) is 1.38. The van der Waals surface area contributed by atoms with Crippen LogP contribution in [0, 0.1) is 5.92 Å². The molecule has 3 nitrogen and oxygen atoms in total. The first-order chi connectivity index (χ1) is 8.50. The van der Waals surface area contributed by atoms with Crippen molar-refractivity contribution in [2.45, 2.75) is 20.8 Å². The summed E-state index contributed by atoms with van der Waals surface area (Å²) in [6.45, 7) is 8.48. The highest BCUT2D eigenvalue weighted by atomic mass is 16.5. The molecule has 1 aromatic rings. The fourth-order valence-electron chi connectivity index (χ4n) is 1.91. The number of para-hydroxylation sites is 1.